The molecule has 7 nitrogen and oxygen atoms in total. The summed E-state index contributed by atoms with van der Waals surface area (Å²) in [5.74, 6) is 0.352. The molecule has 0 heterocycles. The first-order valence-electron chi connectivity index (χ1n) is 17.9. The summed E-state index contributed by atoms with van der Waals surface area (Å²) in [5, 5.41) is 0. The van der Waals surface area contributed by atoms with Gasteiger partial charge in [-0.25, -0.2) is 25.4 Å². The van der Waals surface area contributed by atoms with Crippen molar-refractivity contribution in [3.05, 3.63) is 0 Å². The topological polar surface area (TPSA) is 101 Å². The van der Waals surface area contributed by atoms with E-state index in [0.717, 1.165) is 77.0 Å². The average molecular weight is 638 g/mol. The van der Waals surface area contributed by atoms with Crippen LogP contribution in [0, 0.1) is 0 Å². The predicted octanol–water partition coefficient (Wildman–Crippen LogP) is 8.24. The number of hydrogen-bond acceptors (Lipinski definition) is 5. The van der Waals surface area contributed by atoms with Gasteiger partial charge in [0.1, 0.15) is 0 Å². The maximum absolute atomic E-state index is 12.5. The van der Waals surface area contributed by atoms with Gasteiger partial charge in [0, 0.05) is 32.2 Å². The molecular weight excluding hydrogens is 567 g/mol. The van der Waals surface area contributed by atoms with Crippen molar-refractivity contribution in [2.45, 2.75) is 175 Å². The molecule has 0 rings (SSSR count). The minimum absolute atomic E-state index is 0.163. The highest BCUT2D eigenvalue weighted by atomic mass is 32.2. The Balaban J connectivity index is 4.15. The van der Waals surface area contributed by atoms with E-state index in [4.69, 9.17) is 5.73 Å². The van der Waals surface area contributed by atoms with Crippen LogP contribution in [0.3, 0.4) is 0 Å². The van der Waals surface area contributed by atoms with Crippen LogP contribution in [-0.4, -0.2) is 69.2 Å². The van der Waals surface area contributed by atoms with Crippen molar-refractivity contribution < 1.29 is 16.8 Å². The molecule has 0 aliphatic heterocycles. The van der Waals surface area contributed by atoms with Gasteiger partial charge in [0.05, 0.1) is 11.5 Å². The predicted molar refractivity (Wildman–Crippen MR) is 183 cm³/mol. The van der Waals surface area contributed by atoms with E-state index in [1.165, 1.54) is 64.2 Å². The van der Waals surface area contributed by atoms with Crippen LogP contribution >= 0.6 is 0 Å². The minimum atomic E-state index is -3.14. The van der Waals surface area contributed by atoms with Gasteiger partial charge < -0.3 is 5.73 Å². The lowest BCUT2D eigenvalue weighted by Crippen LogP contribution is -2.34. The molecule has 0 aromatic carbocycles. The zero-order chi connectivity index (χ0) is 31.5. The van der Waals surface area contributed by atoms with Crippen LogP contribution in [0.5, 0.6) is 0 Å². The largest absolute Gasteiger partial charge is 0.328 e. The SMILES string of the molecule is CCCCCCCCCN(CCCCCC(N)CCCCCN(CCCCCCCCC)S(=O)(=O)CC)S(=O)(=O)CC. The molecule has 42 heavy (non-hydrogen) atoms. The van der Waals surface area contributed by atoms with Crippen LogP contribution in [0.25, 0.3) is 0 Å². The van der Waals surface area contributed by atoms with E-state index >= 15 is 0 Å². The monoisotopic (exact) mass is 637 g/mol. The van der Waals surface area contributed by atoms with Crippen molar-refractivity contribution in [1.82, 2.24) is 8.61 Å². The Labute approximate surface area is 263 Å². The van der Waals surface area contributed by atoms with Crippen LogP contribution in [0.2, 0.25) is 0 Å². The molecule has 0 atom stereocenters. The Morgan fingerprint density at radius 1 is 0.429 bits per heavy atom. The lowest BCUT2D eigenvalue weighted by Gasteiger charge is -2.22. The molecule has 0 aromatic heterocycles. The Kier molecular flexibility index (Phi) is 27.0. The number of nitrogens with zero attached hydrogens (tertiary/aromatic N) is 2. The second-order valence-corrected chi connectivity index (χ2v) is 16.8. The van der Waals surface area contributed by atoms with Crippen molar-refractivity contribution in [3.63, 3.8) is 0 Å². The van der Waals surface area contributed by atoms with Crippen molar-refractivity contribution in [2.75, 3.05) is 37.7 Å². The van der Waals surface area contributed by atoms with E-state index in [0.29, 0.717) is 26.2 Å². The fraction of sp³-hybridized carbons (Fsp3) is 1.00. The number of sulfonamides is 2. The summed E-state index contributed by atoms with van der Waals surface area (Å²) in [6.45, 7) is 10.5. The standard InChI is InChI=1S/C33H71N3O4S2/c1-5-9-11-13-15-17-23-29-35(41(37,38)7-3)31-25-19-21-27-33(34)28-22-20-26-32-36(42(39,40)8-4)30-24-18-16-14-12-10-6-2/h33H,5-32,34H2,1-4H3. The molecule has 2 N–H and O–H groups in total. The van der Waals surface area contributed by atoms with Gasteiger partial charge in [-0.05, 0) is 52.4 Å². The molecule has 0 aliphatic carbocycles. The van der Waals surface area contributed by atoms with Crippen molar-refractivity contribution >= 4 is 20.0 Å². The Morgan fingerprint density at radius 2 is 0.690 bits per heavy atom. The van der Waals surface area contributed by atoms with E-state index < -0.39 is 20.0 Å². The van der Waals surface area contributed by atoms with E-state index in [1.54, 1.807) is 22.5 Å². The summed E-state index contributed by atoms with van der Waals surface area (Å²) in [6.07, 6.45) is 24.5. The molecular formula is C33H71N3O4S2. The molecule has 0 aromatic rings. The van der Waals surface area contributed by atoms with Gasteiger partial charge in [0.25, 0.3) is 0 Å². The van der Waals surface area contributed by atoms with Crippen molar-refractivity contribution in [1.29, 1.82) is 0 Å². The summed E-state index contributed by atoms with van der Waals surface area (Å²) in [6, 6.07) is 0.163. The van der Waals surface area contributed by atoms with Crippen LogP contribution in [-0.2, 0) is 20.0 Å². The molecule has 0 bridgehead atoms. The molecule has 254 valence electrons. The summed E-state index contributed by atoms with van der Waals surface area (Å²) in [7, 11) is -6.29. The lowest BCUT2D eigenvalue weighted by molar-refractivity contribution is 0.378. The van der Waals surface area contributed by atoms with Crippen molar-refractivity contribution in [2.24, 2.45) is 5.73 Å². The molecule has 0 radical (unpaired) electrons. The summed E-state index contributed by atoms with van der Waals surface area (Å²) in [4.78, 5) is 0. The van der Waals surface area contributed by atoms with Gasteiger partial charge in [-0.1, -0.05) is 117 Å². The highest BCUT2D eigenvalue weighted by Crippen LogP contribution is 2.15. The second-order valence-electron chi connectivity index (χ2n) is 12.3. The smallest absolute Gasteiger partial charge is 0.213 e. The highest BCUT2D eigenvalue weighted by Gasteiger charge is 2.20. The van der Waals surface area contributed by atoms with Crippen molar-refractivity contribution in [3.8, 4) is 0 Å². The Bertz CT molecular complexity index is 740. The Morgan fingerprint density at radius 3 is 0.976 bits per heavy atom. The normalized spacial score (nSPS) is 12.8. The minimum Gasteiger partial charge on any atom is -0.328 e. The van der Waals surface area contributed by atoms with Crippen LogP contribution < -0.4 is 5.73 Å². The maximum atomic E-state index is 12.5. The third kappa shape index (κ3) is 22.3. The molecule has 0 saturated carbocycles. The van der Waals surface area contributed by atoms with Gasteiger partial charge in [0.2, 0.25) is 20.0 Å². The molecule has 0 aliphatic rings. The van der Waals surface area contributed by atoms with Crippen LogP contribution in [0.15, 0.2) is 0 Å². The first-order valence-corrected chi connectivity index (χ1v) is 21.1. The number of unbranched alkanes of at least 4 members (excludes halogenated alkanes) is 16. The first kappa shape index (κ1) is 41.8. The van der Waals surface area contributed by atoms with Gasteiger partial charge in [-0.2, -0.15) is 0 Å². The number of nitrogens with two attached hydrogens (primary N) is 1. The van der Waals surface area contributed by atoms with Gasteiger partial charge >= 0.3 is 0 Å². The van der Waals surface area contributed by atoms with E-state index in [1.807, 2.05) is 0 Å². The summed E-state index contributed by atoms with van der Waals surface area (Å²) in [5.41, 5.74) is 6.38. The molecule has 0 fully saturated rings. The van der Waals surface area contributed by atoms with E-state index in [-0.39, 0.29) is 17.5 Å². The third-order valence-corrected chi connectivity index (χ3v) is 12.3. The zero-order valence-electron chi connectivity index (χ0n) is 28.3. The fourth-order valence-corrected chi connectivity index (χ4v) is 7.88. The van der Waals surface area contributed by atoms with E-state index in [2.05, 4.69) is 13.8 Å². The second kappa shape index (κ2) is 27.1. The molecule has 9 heteroatoms. The zero-order valence-corrected chi connectivity index (χ0v) is 29.9. The molecule has 0 saturated heterocycles. The quantitative estimate of drug-likeness (QED) is 0.0749. The summed E-state index contributed by atoms with van der Waals surface area (Å²) >= 11 is 0. The van der Waals surface area contributed by atoms with Crippen LogP contribution in [0.1, 0.15) is 169 Å². The lowest BCUT2D eigenvalue weighted by atomic mass is 10.0. The highest BCUT2D eigenvalue weighted by molar-refractivity contribution is 7.89. The molecule has 0 spiro atoms. The maximum Gasteiger partial charge on any atom is 0.213 e. The molecule has 0 unspecified atom stereocenters. The summed E-state index contributed by atoms with van der Waals surface area (Å²) < 4.78 is 53.6. The number of hydrogen-bond donors (Lipinski definition) is 1. The molecule has 0 amide bonds. The van der Waals surface area contributed by atoms with Crippen LogP contribution in [0.4, 0.5) is 0 Å². The van der Waals surface area contributed by atoms with Gasteiger partial charge in [0.15, 0.2) is 0 Å². The third-order valence-electron chi connectivity index (χ3n) is 8.50. The average Bonchev–Trinajstić information content (AvgIpc) is 2.97. The number of rotatable bonds is 32. The van der Waals surface area contributed by atoms with E-state index in [9.17, 15) is 16.8 Å². The van der Waals surface area contributed by atoms with Gasteiger partial charge in [-0.3, -0.25) is 0 Å². The first-order chi connectivity index (χ1) is 20.1. The van der Waals surface area contributed by atoms with Gasteiger partial charge in [-0.15, -0.1) is 0 Å². The Hall–Kier alpha value is -0.220. The fourth-order valence-electron chi connectivity index (χ4n) is 5.52.